The highest BCUT2D eigenvalue weighted by Crippen LogP contribution is 2.18. The average Bonchev–Trinajstić information content (AvgIpc) is 2.90. The highest BCUT2D eigenvalue weighted by atomic mass is 35.5. The van der Waals surface area contributed by atoms with E-state index in [-0.39, 0.29) is 0 Å². The summed E-state index contributed by atoms with van der Waals surface area (Å²) in [4.78, 5) is 8.08. The Morgan fingerprint density at radius 1 is 1.06 bits per heavy atom. The van der Waals surface area contributed by atoms with Gasteiger partial charge in [0.2, 0.25) is 0 Å². The molecule has 88 valence electrons. The van der Waals surface area contributed by atoms with Crippen LogP contribution in [0.2, 0.25) is 5.02 Å². The Labute approximate surface area is 109 Å². The number of nitrogens with zero attached hydrogens (tertiary/aromatic N) is 4. The molecule has 18 heavy (non-hydrogen) atoms. The fourth-order valence-electron chi connectivity index (χ4n) is 1.65. The molecule has 3 rings (SSSR count). The summed E-state index contributed by atoms with van der Waals surface area (Å²) < 4.78 is 1.79. The van der Waals surface area contributed by atoms with Crippen LogP contribution in [0.4, 0.5) is 0 Å². The van der Waals surface area contributed by atoms with Gasteiger partial charge in [-0.2, -0.15) is 5.10 Å². The zero-order valence-corrected chi connectivity index (χ0v) is 10.1. The molecular formula is C13H9ClN4. The summed E-state index contributed by atoms with van der Waals surface area (Å²) in [6.45, 7) is 0. The van der Waals surface area contributed by atoms with Gasteiger partial charge in [-0.1, -0.05) is 11.6 Å². The second-order valence-electron chi connectivity index (χ2n) is 3.74. The second kappa shape index (κ2) is 4.58. The first kappa shape index (κ1) is 10.9. The molecule has 0 unspecified atom stereocenters. The van der Waals surface area contributed by atoms with Crippen LogP contribution in [0.1, 0.15) is 0 Å². The lowest BCUT2D eigenvalue weighted by Crippen LogP contribution is -1.92. The van der Waals surface area contributed by atoms with Crippen LogP contribution in [0.25, 0.3) is 16.9 Å². The van der Waals surface area contributed by atoms with E-state index in [1.165, 1.54) is 6.33 Å². The lowest BCUT2D eigenvalue weighted by atomic mass is 10.2. The maximum atomic E-state index is 5.85. The van der Waals surface area contributed by atoms with E-state index in [0.717, 1.165) is 16.9 Å². The number of halogens is 1. The van der Waals surface area contributed by atoms with Crippen molar-refractivity contribution in [3.05, 3.63) is 60.3 Å². The first-order valence-corrected chi connectivity index (χ1v) is 5.78. The van der Waals surface area contributed by atoms with Gasteiger partial charge < -0.3 is 0 Å². The van der Waals surface area contributed by atoms with Gasteiger partial charge in [0.1, 0.15) is 6.33 Å². The molecule has 0 saturated heterocycles. The predicted octanol–water partition coefficient (Wildman–Crippen LogP) is 2.98. The largest absolute Gasteiger partial charge is 0.245 e. The van der Waals surface area contributed by atoms with E-state index in [1.54, 1.807) is 17.1 Å². The molecule has 0 spiro atoms. The van der Waals surface area contributed by atoms with E-state index >= 15 is 0 Å². The number of hydrogen-bond acceptors (Lipinski definition) is 3. The van der Waals surface area contributed by atoms with Gasteiger partial charge in [-0.05, 0) is 30.3 Å². The fraction of sp³-hybridized carbons (Fsp3) is 0. The molecule has 3 aromatic rings. The van der Waals surface area contributed by atoms with Gasteiger partial charge in [-0.3, -0.25) is 0 Å². The summed E-state index contributed by atoms with van der Waals surface area (Å²) in [5.41, 5.74) is 2.76. The molecule has 0 radical (unpaired) electrons. The van der Waals surface area contributed by atoms with Gasteiger partial charge >= 0.3 is 0 Å². The third kappa shape index (κ3) is 2.10. The molecule has 0 aliphatic rings. The number of aromatic nitrogens is 4. The van der Waals surface area contributed by atoms with Gasteiger partial charge in [-0.25, -0.2) is 14.6 Å². The van der Waals surface area contributed by atoms with Crippen LogP contribution in [0, 0.1) is 0 Å². The summed E-state index contributed by atoms with van der Waals surface area (Å²) >= 11 is 5.85. The monoisotopic (exact) mass is 256 g/mol. The maximum absolute atomic E-state index is 5.85. The van der Waals surface area contributed by atoms with Crippen LogP contribution in [0.3, 0.4) is 0 Å². The van der Waals surface area contributed by atoms with Crippen molar-refractivity contribution in [2.75, 3.05) is 0 Å². The molecule has 0 fully saturated rings. The Morgan fingerprint density at radius 3 is 2.61 bits per heavy atom. The fourth-order valence-corrected chi connectivity index (χ4v) is 1.78. The molecule has 0 atom stereocenters. The number of rotatable bonds is 2. The Balaban J connectivity index is 1.97. The van der Waals surface area contributed by atoms with Gasteiger partial charge in [-0.15, -0.1) is 0 Å². The molecule has 0 aliphatic carbocycles. The first-order chi connectivity index (χ1) is 8.83. The third-order valence-corrected chi connectivity index (χ3v) is 2.80. The van der Waals surface area contributed by atoms with E-state index in [2.05, 4.69) is 15.1 Å². The highest BCUT2D eigenvalue weighted by molar-refractivity contribution is 6.30. The minimum Gasteiger partial charge on any atom is -0.245 e. The maximum Gasteiger partial charge on any atom is 0.116 e. The molecule has 0 bridgehead atoms. The van der Waals surface area contributed by atoms with E-state index in [1.807, 2.05) is 36.5 Å². The summed E-state index contributed by atoms with van der Waals surface area (Å²) in [7, 11) is 0. The van der Waals surface area contributed by atoms with Crippen molar-refractivity contribution in [2.24, 2.45) is 0 Å². The van der Waals surface area contributed by atoms with Crippen LogP contribution >= 0.6 is 11.6 Å². The van der Waals surface area contributed by atoms with Gasteiger partial charge in [0.15, 0.2) is 0 Å². The van der Waals surface area contributed by atoms with Crippen molar-refractivity contribution >= 4 is 11.6 Å². The highest BCUT2D eigenvalue weighted by Gasteiger charge is 2.03. The van der Waals surface area contributed by atoms with Crippen molar-refractivity contribution in [1.29, 1.82) is 0 Å². The summed E-state index contributed by atoms with van der Waals surface area (Å²) in [5.74, 6) is 0. The molecule has 4 nitrogen and oxygen atoms in total. The zero-order valence-electron chi connectivity index (χ0n) is 9.36. The van der Waals surface area contributed by atoms with Crippen molar-refractivity contribution in [3.63, 3.8) is 0 Å². The molecular weight excluding hydrogens is 248 g/mol. The van der Waals surface area contributed by atoms with E-state index < -0.39 is 0 Å². The standard InChI is InChI=1S/C13H9ClN4/c14-11-1-3-12(4-2-11)18-8-10(7-17-18)13-5-6-15-9-16-13/h1-9H. The Bertz CT molecular complexity index is 646. The minimum absolute atomic E-state index is 0.710. The summed E-state index contributed by atoms with van der Waals surface area (Å²) in [6.07, 6.45) is 6.93. The first-order valence-electron chi connectivity index (χ1n) is 5.40. The second-order valence-corrected chi connectivity index (χ2v) is 4.18. The number of benzene rings is 1. The van der Waals surface area contributed by atoms with Crippen LogP contribution in [0.5, 0.6) is 0 Å². The molecule has 0 saturated carbocycles. The van der Waals surface area contributed by atoms with Crippen molar-refractivity contribution < 1.29 is 0 Å². The van der Waals surface area contributed by atoms with Crippen LogP contribution in [0.15, 0.2) is 55.2 Å². The summed E-state index contributed by atoms with van der Waals surface area (Å²) in [5, 5.41) is 5.02. The normalized spacial score (nSPS) is 10.5. The van der Waals surface area contributed by atoms with Crippen LogP contribution in [-0.2, 0) is 0 Å². The topological polar surface area (TPSA) is 43.6 Å². The van der Waals surface area contributed by atoms with Crippen molar-refractivity contribution in [2.45, 2.75) is 0 Å². The van der Waals surface area contributed by atoms with Gasteiger partial charge in [0.05, 0.1) is 17.6 Å². The predicted molar refractivity (Wildman–Crippen MR) is 69.6 cm³/mol. The molecule has 0 amide bonds. The minimum atomic E-state index is 0.710. The van der Waals surface area contributed by atoms with Gasteiger partial charge in [0, 0.05) is 23.0 Å². The van der Waals surface area contributed by atoms with Crippen molar-refractivity contribution in [3.8, 4) is 16.9 Å². The van der Waals surface area contributed by atoms with E-state index in [0.29, 0.717) is 5.02 Å². The lowest BCUT2D eigenvalue weighted by Gasteiger charge is -2.00. The van der Waals surface area contributed by atoms with Gasteiger partial charge in [0.25, 0.3) is 0 Å². The summed E-state index contributed by atoms with van der Waals surface area (Å²) in [6, 6.07) is 9.35. The number of hydrogen-bond donors (Lipinski definition) is 0. The Kier molecular flexibility index (Phi) is 2.78. The van der Waals surface area contributed by atoms with Crippen molar-refractivity contribution in [1.82, 2.24) is 19.7 Å². The third-order valence-electron chi connectivity index (χ3n) is 2.55. The Hall–Kier alpha value is -2.20. The molecule has 2 aromatic heterocycles. The van der Waals surface area contributed by atoms with E-state index in [4.69, 9.17) is 11.6 Å². The smallest absolute Gasteiger partial charge is 0.116 e. The molecule has 0 N–H and O–H groups in total. The van der Waals surface area contributed by atoms with Crippen LogP contribution in [-0.4, -0.2) is 19.7 Å². The zero-order chi connectivity index (χ0) is 12.4. The SMILES string of the molecule is Clc1ccc(-n2cc(-c3ccncn3)cn2)cc1. The molecule has 2 heterocycles. The quantitative estimate of drug-likeness (QED) is 0.708. The van der Waals surface area contributed by atoms with E-state index in [9.17, 15) is 0 Å². The molecule has 0 aliphatic heterocycles. The van der Waals surface area contributed by atoms with Crippen LogP contribution < -0.4 is 0 Å². The Morgan fingerprint density at radius 2 is 1.89 bits per heavy atom. The average molecular weight is 257 g/mol. The molecule has 5 heteroatoms. The lowest BCUT2D eigenvalue weighted by molar-refractivity contribution is 0.881. The molecule has 1 aromatic carbocycles.